The Hall–Kier alpha value is -4.22. The second kappa shape index (κ2) is 12.8. The third kappa shape index (κ3) is 5.69. The summed E-state index contributed by atoms with van der Waals surface area (Å²) in [5.74, 6) is -0.996. The molecule has 1 aliphatic rings. The average molecular weight is 679 g/mol. The van der Waals surface area contributed by atoms with Crippen LogP contribution in [0, 0.1) is 13.8 Å². The second-order valence-electron chi connectivity index (χ2n) is 10.3. The van der Waals surface area contributed by atoms with Gasteiger partial charge in [0.25, 0.3) is 5.56 Å². The molecule has 1 atom stereocenters. The van der Waals surface area contributed by atoms with Crippen molar-refractivity contribution in [1.82, 2.24) is 9.13 Å². The highest BCUT2D eigenvalue weighted by Crippen LogP contribution is 2.38. The average Bonchev–Trinajstić information content (AvgIpc) is 3.45. The quantitative estimate of drug-likeness (QED) is 0.236. The van der Waals surface area contributed by atoms with Crippen molar-refractivity contribution >= 4 is 45.3 Å². The van der Waals surface area contributed by atoms with Gasteiger partial charge < -0.3 is 19.1 Å². The van der Waals surface area contributed by atoms with Crippen molar-refractivity contribution in [3.63, 3.8) is 0 Å². The number of methoxy groups -OCH3 is 1. The van der Waals surface area contributed by atoms with Crippen LogP contribution in [-0.2, 0) is 9.53 Å². The fourth-order valence-corrected chi connectivity index (χ4v) is 6.97. The lowest BCUT2D eigenvalue weighted by Crippen LogP contribution is -2.40. The van der Waals surface area contributed by atoms with Crippen LogP contribution in [0.3, 0.4) is 0 Å². The number of hydrogen-bond acceptors (Lipinski definition) is 7. The van der Waals surface area contributed by atoms with Crippen LogP contribution in [0.5, 0.6) is 5.75 Å². The fourth-order valence-electron chi connectivity index (χ4n) is 5.58. The van der Waals surface area contributed by atoms with E-state index in [2.05, 4.69) is 15.9 Å². The van der Waals surface area contributed by atoms with Gasteiger partial charge in [-0.05, 0) is 81.3 Å². The molecule has 0 spiro atoms. The monoisotopic (exact) mass is 677 g/mol. The number of aryl methyl sites for hydroxylation is 1. The van der Waals surface area contributed by atoms with Crippen LogP contribution in [0.4, 0.5) is 0 Å². The zero-order valence-electron chi connectivity index (χ0n) is 25.0. The Balaban J connectivity index is 1.75. The topological polar surface area (TPSA) is 112 Å². The van der Waals surface area contributed by atoms with Crippen molar-refractivity contribution in [1.29, 1.82) is 0 Å². The molecule has 0 amide bonds. The van der Waals surface area contributed by atoms with E-state index in [-0.39, 0.29) is 17.7 Å². The maximum Gasteiger partial charge on any atom is 0.338 e. The third-order valence-corrected chi connectivity index (χ3v) is 8.96. The van der Waals surface area contributed by atoms with Crippen molar-refractivity contribution in [2.45, 2.75) is 46.6 Å². The Morgan fingerprint density at radius 3 is 2.59 bits per heavy atom. The van der Waals surface area contributed by atoms with Crippen LogP contribution in [0.25, 0.3) is 11.8 Å². The first-order chi connectivity index (χ1) is 21.1. The highest BCUT2D eigenvalue weighted by Gasteiger charge is 2.36. The number of fused-ring (bicyclic) bond motifs is 1. The Kier molecular flexibility index (Phi) is 9.07. The molecule has 0 aliphatic carbocycles. The van der Waals surface area contributed by atoms with E-state index in [0.29, 0.717) is 44.0 Å². The number of aromatic carboxylic acids is 1. The number of benzene rings is 2. The van der Waals surface area contributed by atoms with Gasteiger partial charge in [0, 0.05) is 27.1 Å². The van der Waals surface area contributed by atoms with Crippen LogP contribution >= 0.6 is 27.3 Å². The van der Waals surface area contributed by atoms with E-state index < -0.39 is 18.0 Å². The summed E-state index contributed by atoms with van der Waals surface area (Å²) in [7, 11) is 1.55. The molecule has 2 aromatic heterocycles. The van der Waals surface area contributed by atoms with Crippen molar-refractivity contribution in [2.24, 2.45) is 4.99 Å². The van der Waals surface area contributed by atoms with Gasteiger partial charge >= 0.3 is 11.9 Å². The number of ether oxygens (including phenoxy) is 2. The number of carbonyl (C=O) groups excluding carboxylic acids is 1. The number of halogens is 1. The number of thiazole rings is 1. The van der Waals surface area contributed by atoms with Crippen LogP contribution in [0.15, 0.2) is 74.1 Å². The summed E-state index contributed by atoms with van der Waals surface area (Å²) >= 11 is 4.80. The van der Waals surface area contributed by atoms with Crippen LogP contribution < -0.4 is 19.6 Å². The molecular weight excluding hydrogens is 646 g/mol. The van der Waals surface area contributed by atoms with Crippen molar-refractivity contribution in [2.75, 3.05) is 13.7 Å². The molecule has 9 nitrogen and oxygen atoms in total. The van der Waals surface area contributed by atoms with Crippen molar-refractivity contribution < 1.29 is 24.2 Å². The molecule has 1 N–H and O–H groups in total. The first-order valence-corrected chi connectivity index (χ1v) is 15.8. The molecule has 2 aromatic carbocycles. The first kappa shape index (κ1) is 31.2. The highest BCUT2D eigenvalue weighted by molar-refractivity contribution is 9.10. The molecule has 4 aromatic rings. The van der Waals surface area contributed by atoms with E-state index in [1.807, 2.05) is 55.7 Å². The summed E-state index contributed by atoms with van der Waals surface area (Å²) < 4.78 is 15.9. The number of carboxylic acid groups (broad SMARTS) is 1. The van der Waals surface area contributed by atoms with Gasteiger partial charge in [-0.3, -0.25) is 9.36 Å². The van der Waals surface area contributed by atoms with Gasteiger partial charge in [-0.1, -0.05) is 46.7 Å². The predicted octanol–water partition coefficient (Wildman–Crippen LogP) is 5.46. The Morgan fingerprint density at radius 1 is 1.14 bits per heavy atom. The predicted molar refractivity (Wildman–Crippen MR) is 173 cm³/mol. The number of rotatable bonds is 9. The normalized spacial score (nSPS) is 14.8. The molecule has 0 saturated heterocycles. The summed E-state index contributed by atoms with van der Waals surface area (Å²) in [6, 6.07) is 13.4. The van der Waals surface area contributed by atoms with Gasteiger partial charge in [0.2, 0.25) is 0 Å². The molecule has 0 radical (unpaired) electrons. The van der Waals surface area contributed by atoms with Gasteiger partial charge in [0.1, 0.15) is 11.8 Å². The van der Waals surface area contributed by atoms with Gasteiger partial charge in [0.05, 0.1) is 35.1 Å². The second-order valence-corrected chi connectivity index (χ2v) is 12.2. The number of esters is 1. The zero-order valence-corrected chi connectivity index (χ0v) is 27.4. The number of carbonyl (C=O) groups is 2. The minimum Gasteiger partial charge on any atom is -0.496 e. The highest BCUT2D eigenvalue weighted by atomic mass is 79.9. The first-order valence-electron chi connectivity index (χ1n) is 14.2. The Labute approximate surface area is 266 Å². The van der Waals surface area contributed by atoms with E-state index in [9.17, 15) is 19.5 Å². The summed E-state index contributed by atoms with van der Waals surface area (Å²) in [4.78, 5) is 44.7. The lowest BCUT2D eigenvalue weighted by atomic mass is 9.93. The molecule has 3 heterocycles. The van der Waals surface area contributed by atoms with Crippen molar-refractivity contribution in [3.8, 4) is 11.4 Å². The number of allylic oxidation sites excluding steroid dienone is 1. The molecule has 0 saturated carbocycles. The Morgan fingerprint density at radius 2 is 1.91 bits per heavy atom. The molecule has 44 heavy (non-hydrogen) atoms. The smallest absolute Gasteiger partial charge is 0.338 e. The van der Waals surface area contributed by atoms with E-state index in [1.165, 1.54) is 11.3 Å². The number of carboxylic acids is 1. The van der Waals surface area contributed by atoms with Gasteiger partial charge in [-0.15, -0.1) is 0 Å². The summed E-state index contributed by atoms with van der Waals surface area (Å²) in [6.07, 6.45) is 3.10. The molecular formula is C33H32BrN3O6S. The SMILES string of the molecule is CCCC1=C(C(=O)OCC)[C@H](c2cc(Br)ccc2OC)n2c(s/c(=C/c3cc(C)n(-c4cccc(C(=O)O)c4)c3C)c2=O)=N1. The number of nitrogens with zero attached hydrogens (tertiary/aromatic N) is 3. The maximum absolute atomic E-state index is 14.3. The largest absolute Gasteiger partial charge is 0.496 e. The standard InChI is InChI=1S/C33H32BrN3O6S/c1-6-9-25-28(32(41)43-7-2)29(24-17-22(34)12-13-26(24)42-5)37-30(38)27(44-33(37)35-25)16-21-14-18(3)36(19(21)4)23-11-8-10-20(15-23)31(39)40/h8,10-17,29H,6-7,9H2,1-5H3,(H,39,40)/b27-16+/t29-/m0/s1. The molecule has 1 aliphatic heterocycles. The summed E-state index contributed by atoms with van der Waals surface area (Å²) in [6.45, 7) is 7.80. The van der Waals surface area contributed by atoms with E-state index in [0.717, 1.165) is 27.8 Å². The molecule has 0 bridgehead atoms. The number of hydrogen-bond donors (Lipinski definition) is 1. The third-order valence-electron chi connectivity index (χ3n) is 7.49. The van der Waals surface area contributed by atoms with E-state index in [4.69, 9.17) is 14.5 Å². The fraction of sp³-hybridized carbons (Fsp3) is 0.273. The van der Waals surface area contributed by atoms with E-state index >= 15 is 0 Å². The lowest BCUT2D eigenvalue weighted by molar-refractivity contribution is -0.139. The molecule has 228 valence electrons. The molecule has 5 rings (SSSR count). The Bertz CT molecular complexity index is 2000. The van der Waals surface area contributed by atoms with Gasteiger partial charge in [-0.2, -0.15) is 0 Å². The maximum atomic E-state index is 14.3. The van der Waals surface area contributed by atoms with Crippen LogP contribution in [0.1, 0.15) is 65.6 Å². The summed E-state index contributed by atoms with van der Waals surface area (Å²) in [5.41, 5.74) is 4.69. The molecule has 0 unspecified atom stereocenters. The van der Waals surface area contributed by atoms with Gasteiger partial charge in [-0.25, -0.2) is 14.6 Å². The van der Waals surface area contributed by atoms with Crippen molar-refractivity contribution in [3.05, 3.63) is 112 Å². The molecule has 11 heteroatoms. The van der Waals surface area contributed by atoms with Crippen LogP contribution in [0.2, 0.25) is 0 Å². The summed E-state index contributed by atoms with van der Waals surface area (Å²) in [5, 5.41) is 9.49. The zero-order chi connectivity index (χ0) is 31.7. The van der Waals surface area contributed by atoms with Gasteiger partial charge in [0.15, 0.2) is 4.80 Å². The molecule has 0 fully saturated rings. The van der Waals surface area contributed by atoms with E-state index in [1.54, 1.807) is 42.9 Å². The minimum atomic E-state index is -1.00. The minimum absolute atomic E-state index is 0.180. The van der Waals surface area contributed by atoms with Crippen LogP contribution in [-0.4, -0.2) is 39.9 Å². The lowest BCUT2D eigenvalue weighted by Gasteiger charge is -2.27. The number of aromatic nitrogens is 2.